The third-order valence-corrected chi connectivity index (χ3v) is 8.09. The second-order valence-electron chi connectivity index (χ2n) is 10.5. The SMILES string of the molecule is Cc1cc(F)cc(C)c1Oc1ccc(C(C)(C)O)cc1-c1cn(C)c(=O)c2sc(-c3nc4ccccc4o3)cc12. The van der Waals surface area contributed by atoms with Crippen molar-refractivity contribution in [3.05, 3.63) is 99.7 Å². The number of pyridine rings is 1. The maximum Gasteiger partial charge on any atom is 0.268 e. The molecule has 1 N–H and O–H groups in total. The standard InChI is InChI=1S/C32H27FN2O4S/c1-17-12-20(33)13-18(2)28(17)38-25-11-10-19(32(3,4)37)14-21(25)23-16-35(5)31(36)29-22(23)15-27(40-29)30-34-24-8-6-7-9-26(24)39-30/h6-16,37H,1-5H3. The molecule has 0 bridgehead atoms. The molecule has 6 nitrogen and oxygen atoms in total. The van der Waals surface area contributed by atoms with Crippen molar-refractivity contribution in [3.63, 3.8) is 0 Å². The predicted octanol–water partition coefficient (Wildman–Crippen LogP) is 7.85. The number of thiophene rings is 1. The Hall–Kier alpha value is -4.27. The van der Waals surface area contributed by atoms with E-state index in [2.05, 4.69) is 4.98 Å². The Bertz CT molecular complexity index is 1940. The van der Waals surface area contributed by atoms with Gasteiger partial charge in [0.25, 0.3) is 5.56 Å². The first-order valence-corrected chi connectivity index (χ1v) is 13.6. The van der Waals surface area contributed by atoms with Crippen LogP contribution in [-0.2, 0) is 12.6 Å². The maximum atomic E-state index is 14.0. The summed E-state index contributed by atoms with van der Waals surface area (Å²) in [6, 6.07) is 17.8. The number of aryl methyl sites for hydroxylation is 3. The Balaban J connectivity index is 1.59. The molecular weight excluding hydrogens is 527 g/mol. The topological polar surface area (TPSA) is 77.5 Å². The van der Waals surface area contributed by atoms with Crippen molar-refractivity contribution < 1.29 is 18.7 Å². The molecule has 0 radical (unpaired) electrons. The van der Waals surface area contributed by atoms with Crippen LogP contribution in [0.3, 0.4) is 0 Å². The summed E-state index contributed by atoms with van der Waals surface area (Å²) < 4.78 is 28.5. The van der Waals surface area contributed by atoms with Crippen LogP contribution in [0.15, 0.2) is 76.1 Å². The average molecular weight is 555 g/mol. The lowest BCUT2D eigenvalue weighted by Crippen LogP contribution is -2.16. The summed E-state index contributed by atoms with van der Waals surface area (Å²) in [6.07, 6.45) is 1.77. The van der Waals surface area contributed by atoms with Crippen molar-refractivity contribution in [2.45, 2.75) is 33.3 Å². The molecule has 0 spiro atoms. The number of benzene rings is 3. The van der Waals surface area contributed by atoms with Gasteiger partial charge in [0.2, 0.25) is 5.89 Å². The predicted molar refractivity (Wildman–Crippen MR) is 157 cm³/mol. The van der Waals surface area contributed by atoms with Crippen LogP contribution in [0.2, 0.25) is 0 Å². The fourth-order valence-corrected chi connectivity index (χ4v) is 5.99. The largest absolute Gasteiger partial charge is 0.456 e. The Morgan fingerprint density at radius 3 is 2.45 bits per heavy atom. The zero-order chi connectivity index (χ0) is 28.3. The molecule has 3 aromatic carbocycles. The smallest absolute Gasteiger partial charge is 0.268 e. The van der Waals surface area contributed by atoms with Crippen LogP contribution >= 0.6 is 11.3 Å². The van der Waals surface area contributed by atoms with Gasteiger partial charge >= 0.3 is 0 Å². The summed E-state index contributed by atoms with van der Waals surface area (Å²) in [5.74, 6) is 1.18. The molecule has 6 rings (SSSR count). The fraction of sp³-hybridized carbons (Fsp3) is 0.188. The zero-order valence-electron chi connectivity index (χ0n) is 22.7. The number of ether oxygens (including phenoxy) is 1. The molecular formula is C32H27FN2O4S. The van der Waals surface area contributed by atoms with Gasteiger partial charge in [0.15, 0.2) is 5.58 Å². The summed E-state index contributed by atoms with van der Waals surface area (Å²) in [4.78, 5) is 18.6. The highest BCUT2D eigenvalue weighted by Gasteiger charge is 2.23. The first-order chi connectivity index (χ1) is 19.0. The number of hydrogen-bond acceptors (Lipinski definition) is 6. The number of nitrogens with zero attached hydrogens (tertiary/aromatic N) is 2. The number of hydrogen-bond donors (Lipinski definition) is 1. The van der Waals surface area contributed by atoms with Crippen LogP contribution in [0, 0.1) is 19.7 Å². The number of aliphatic hydroxyl groups is 1. The molecule has 0 aliphatic carbocycles. The van der Waals surface area contributed by atoms with E-state index in [0.29, 0.717) is 49.9 Å². The normalized spacial score (nSPS) is 12.0. The van der Waals surface area contributed by atoms with Crippen LogP contribution in [0.25, 0.3) is 43.1 Å². The molecule has 3 aromatic heterocycles. The number of halogens is 1. The van der Waals surface area contributed by atoms with Gasteiger partial charge in [-0.3, -0.25) is 4.79 Å². The molecule has 8 heteroatoms. The van der Waals surface area contributed by atoms with E-state index in [1.54, 1.807) is 51.6 Å². The Kier molecular flexibility index (Phi) is 6.12. The number of oxazole rings is 1. The second-order valence-corrected chi connectivity index (χ2v) is 11.6. The minimum absolute atomic E-state index is 0.141. The van der Waals surface area contributed by atoms with E-state index in [0.717, 1.165) is 21.3 Å². The molecule has 0 fully saturated rings. The Morgan fingerprint density at radius 2 is 1.75 bits per heavy atom. The number of para-hydroxylation sites is 2. The minimum Gasteiger partial charge on any atom is -0.456 e. The minimum atomic E-state index is -1.12. The van der Waals surface area contributed by atoms with Crippen LogP contribution in [0.5, 0.6) is 11.5 Å². The number of aromatic nitrogens is 2. The van der Waals surface area contributed by atoms with E-state index in [1.807, 2.05) is 42.5 Å². The molecule has 40 heavy (non-hydrogen) atoms. The summed E-state index contributed by atoms with van der Waals surface area (Å²) in [5, 5.41) is 11.6. The van der Waals surface area contributed by atoms with Gasteiger partial charge in [0.05, 0.1) is 10.5 Å². The van der Waals surface area contributed by atoms with Crippen LogP contribution in [-0.4, -0.2) is 14.7 Å². The Morgan fingerprint density at radius 1 is 1.02 bits per heavy atom. The van der Waals surface area contributed by atoms with Crippen molar-refractivity contribution in [2.24, 2.45) is 7.05 Å². The molecule has 202 valence electrons. The van der Waals surface area contributed by atoms with Gasteiger partial charge in [-0.15, -0.1) is 11.3 Å². The monoisotopic (exact) mass is 554 g/mol. The highest BCUT2D eigenvalue weighted by molar-refractivity contribution is 7.22. The fourth-order valence-electron chi connectivity index (χ4n) is 4.91. The number of rotatable bonds is 5. The lowest BCUT2D eigenvalue weighted by molar-refractivity contribution is 0.0786. The molecule has 6 aromatic rings. The van der Waals surface area contributed by atoms with Gasteiger partial charge in [-0.1, -0.05) is 18.2 Å². The summed E-state index contributed by atoms with van der Waals surface area (Å²) >= 11 is 1.32. The molecule has 0 saturated heterocycles. The van der Waals surface area contributed by atoms with E-state index >= 15 is 0 Å². The molecule has 0 aliphatic heterocycles. The van der Waals surface area contributed by atoms with Crippen LogP contribution < -0.4 is 10.3 Å². The zero-order valence-corrected chi connectivity index (χ0v) is 23.5. The summed E-state index contributed by atoms with van der Waals surface area (Å²) in [7, 11) is 1.71. The van der Waals surface area contributed by atoms with Gasteiger partial charge in [-0.25, -0.2) is 9.37 Å². The highest BCUT2D eigenvalue weighted by Crippen LogP contribution is 2.43. The van der Waals surface area contributed by atoms with Gasteiger partial charge in [0, 0.05) is 29.8 Å². The quantitative estimate of drug-likeness (QED) is 0.235. The summed E-state index contributed by atoms with van der Waals surface area (Å²) in [5.41, 5.74) is 3.58. The van der Waals surface area contributed by atoms with Crippen molar-refractivity contribution >= 4 is 32.5 Å². The lowest BCUT2D eigenvalue weighted by Gasteiger charge is -2.22. The van der Waals surface area contributed by atoms with Crippen molar-refractivity contribution in [1.29, 1.82) is 0 Å². The van der Waals surface area contributed by atoms with Gasteiger partial charge in [-0.05, 0) is 86.8 Å². The molecule has 0 saturated carbocycles. The van der Waals surface area contributed by atoms with Crippen molar-refractivity contribution in [1.82, 2.24) is 9.55 Å². The first kappa shape index (κ1) is 26.0. The first-order valence-electron chi connectivity index (χ1n) is 12.8. The molecule has 0 unspecified atom stereocenters. The van der Waals surface area contributed by atoms with Gasteiger partial charge < -0.3 is 18.8 Å². The highest BCUT2D eigenvalue weighted by atomic mass is 32.1. The number of fused-ring (bicyclic) bond motifs is 2. The lowest BCUT2D eigenvalue weighted by atomic mass is 9.93. The second kappa shape index (κ2) is 9.43. The summed E-state index contributed by atoms with van der Waals surface area (Å²) in [6.45, 7) is 7.03. The maximum absolute atomic E-state index is 14.0. The van der Waals surface area contributed by atoms with E-state index in [4.69, 9.17) is 9.15 Å². The molecule has 0 aliphatic rings. The van der Waals surface area contributed by atoms with Crippen molar-refractivity contribution in [2.75, 3.05) is 0 Å². The van der Waals surface area contributed by atoms with Crippen LogP contribution in [0.1, 0.15) is 30.5 Å². The molecule has 3 heterocycles. The van der Waals surface area contributed by atoms with Gasteiger partial charge in [-0.2, -0.15) is 0 Å². The van der Waals surface area contributed by atoms with Crippen molar-refractivity contribution in [3.8, 4) is 33.4 Å². The van der Waals surface area contributed by atoms with Gasteiger partial charge in [0.1, 0.15) is 27.5 Å². The van der Waals surface area contributed by atoms with E-state index in [1.165, 1.54) is 23.5 Å². The molecule has 0 amide bonds. The third-order valence-electron chi connectivity index (χ3n) is 6.98. The third kappa shape index (κ3) is 4.49. The van der Waals surface area contributed by atoms with Crippen LogP contribution in [0.4, 0.5) is 4.39 Å². The van der Waals surface area contributed by atoms with E-state index in [9.17, 15) is 14.3 Å². The Labute approximate surface area is 233 Å². The molecule has 0 atom stereocenters. The average Bonchev–Trinajstić information content (AvgIpc) is 3.53. The van der Waals surface area contributed by atoms with E-state index < -0.39 is 5.60 Å². The van der Waals surface area contributed by atoms with E-state index in [-0.39, 0.29) is 11.4 Å².